The van der Waals surface area contributed by atoms with Gasteiger partial charge in [-0.2, -0.15) is 0 Å². The number of likely N-dealkylation sites (N-methyl/N-ethyl adjacent to an activating group) is 1. The van der Waals surface area contributed by atoms with E-state index in [2.05, 4.69) is 5.32 Å². The fraction of sp³-hybridized carbons (Fsp3) is 0.833. The zero-order valence-electron chi connectivity index (χ0n) is 11.3. The van der Waals surface area contributed by atoms with Gasteiger partial charge in [0.25, 0.3) is 0 Å². The van der Waals surface area contributed by atoms with Crippen molar-refractivity contribution in [3.05, 3.63) is 0 Å². The van der Waals surface area contributed by atoms with E-state index in [-0.39, 0.29) is 17.9 Å². The first-order valence-electron chi connectivity index (χ1n) is 6.37. The topological polar surface area (TPSA) is 67.9 Å². The Morgan fingerprint density at radius 3 is 2.78 bits per heavy atom. The lowest BCUT2D eigenvalue weighted by Crippen LogP contribution is -2.58. The molecule has 6 nitrogen and oxygen atoms in total. The summed E-state index contributed by atoms with van der Waals surface area (Å²) in [6.45, 7) is 5.46. The number of ether oxygens (including phenoxy) is 2. The summed E-state index contributed by atoms with van der Waals surface area (Å²) in [5, 5.41) is 2.60. The minimum absolute atomic E-state index is 0.127. The van der Waals surface area contributed by atoms with Crippen molar-refractivity contribution in [2.24, 2.45) is 0 Å². The highest BCUT2D eigenvalue weighted by atomic mass is 16.5. The summed E-state index contributed by atoms with van der Waals surface area (Å²) in [6, 6.07) is -0.797. The molecule has 6 heteroatoms. The number of esters is 1. The van der Waals surface area contributed by atoms with Gasteiger partial charge >= 0.3 is 5.97 Å². The first-order chi connectivity index (χ1) is 8.65. The zero-order chi connectivity index (χ0) is 13.5. The maximum absolute atomic E-state index is 11.9. The molecule has 0 aliphatic carbocycles. The summed E-state index contributed by atoms with van der Waals surface area (Å²) in [4.78, 5) is 25.6. The van der Waals surface area contributed by atoms with E-state index >= 15 is 0 Å². The van der Waals surface area contributed by atoms with Crippen LogP contribution in [0.25, 0.3) is 0 Å². The van der Waals surface area contributed by atoms with Gasteiger partial charge in [0.15, 0.2) is 0 Å². The van der Waals surface area contributed by atoms with Crippen molar-refractivity contribution in [3.8, 4) is 0 Å². The van der Waals surface area contributed by atoms with Gasteiger partial charge < -0.3 is 14.8 Å². The van der Waals surface area contributed by atoms with E-state index in [0.717, 1.165) is 0 Å². The van der Waals surface area contributed by atoms with Gasteiger partial charge in [0, 0.05) is 13.6 Å². The Labute approximate surface area is 108 Å². The van der Waals surface area contributed by atoms with E-state index in [4.69, 9.17) is 9.47 Å². The highest BCUT2D eigenvalue weighted by Crippen LogP contribution is 2.15. The molecule has 0 aromatic carbocycles. The monoisotopic (exact) mass is 258 g/mol. The van der Waals surface area contributed by atoms with Crippen LogP contribution in [0, 0.1) is 0 Å². The van der Waals surface area contributed by atoms with Gasteiger partial charge in [-0.25, -0.2) is 0 Å². The van der Waals surface area contributed by atoms with Crippen LogP contribution in [0.15, 0.2) is 0 Å². The van der Waals surface area contributed by atoms with Crippen LogP contribution in [-0.4, -0.2) is 62.3 Å². The summed E-state index contributed by atoms with van der Waals surface area (Å²) in [7, 11) is 1.58. The molecule has 0 saturated carbocycles. The number of carbonyl (C=O) groups excluding carboxylic acids is 2. The lowest BCUT2D eigenvalue weighted by molar-refractivity contribution is -0.156. The maximum Gasteiger partial charge on any atom is 0.323 e. The number of amides is 1. The molecule has 1 fully saturated rings. The van der Waals surface area contributed by atoms with Crippen molar-refractivity contribution in [3.63, 3.8) is 0 Å². The normalized spacial score (nSPS) is 22.3. The van der Waals surface area contributed by atoms with Gasteiger partial charge in [0.05, 0.1) is 19.8 Å². The van der Waals surface area contributed by atoms with Crippen LogP contribution in [0.5, 0.6) is 0 Å². The predicted molar refractivity (Wildman–Crippen MR) is 66.1 cm³/mol. The van der Waals surface area contributed by atoms with Crippen LogP contribution in [-0.2, 0) is 19.1 Å². The molecule has 2 atom stereocenters. The SMILES string of the molecule is CCOC(=O)C(CC)N1CCOCC1C(=O)NC. The van der Waals surface area contributed by atoms with Crippen LogP contribution in [0.2, 0.25) is 0 Å². The Kier molecular flexibility index (Phi) is 6.07. The number of rotatable bonds is 5. The van der Waals surface area contributed by atoms with Crippen LogP contribution in [0.1, 0.15) is 20.3 Å². The van der Waals surface area contributed by atoms with Crippen LogP contribution < -0.4 is 5.32 Å². The third-order valence-electron chi connectivity index (χ3n) is 3.06. The third-order valence-corrected chi connectivity index (χ3v) is 3.06. The average Bonchev–Trinajstić information content (AvgIpc) is 2.39. The first-order valence-corrected chi connectivity index (χ1v) is 6.37. The van der Waals surface area contributed by atoms with Gasteiger partial charge in [0.1, 0.15) is 12.1 Å². The molecule has 0 aromatic rings. The van der Waals surface area contributed by atoms with Crippen molar-refractivity contribution >= 4 is 11.9 Å². The highest BCUT2D eigenvalue weighted by molar-refractivity contribution is 5.83. The summed E-state index contributed by atoms with van der Waals surface area (Å²) in [5.41, 5.74) is 0. The van der Waals surface area contributed by atoms with Gasteiger partial charge in [-0.3, -0.25) is 14.5 Å². The second-order valence-electron chi connectivity index (χ2n) is 4.12. The molecule has 0 aromatic heterocycles. The molecule has 18 heavy (non-hydrogen) atoms. The fourth-order valence-electron chi connectivity index (χ4n) is 2.16. The Hall–Kier alpha value is -1.14. The number of hydrogen-bond acceptors (Lipinski definition) is 5. The van der Waals surface area contributed by atoms with Crippen molar-refractivity contribution in [1.29, 1.82) is 0 Å². The Bertz CT molecular complexity index is 296. The van der Waals surface area contributed by atoms with Crippen molar-refractivity contribution in [1.82, 2.24) is 10.2 Å². The van der Waals surface area contributed by atoms with Gasteiger partial charge in [0.2, 0.25) is 5.91 Å². The molecule has 0 spiro atoms. The second-order valence-corrected chi connectivity index (χ2v) is 4.12. The summed E-state index contributed by atoms with van der Waals surface area (Å²) in [5.74, 6) is -0.395. The van der Waals surface area contributed by atoms with Crippen molar-refractivity contribution in [2.45, 2.75) is 32.4 Å². The maximum atomic E-state index is 11.9. The van der Waals surface area contributed by atoms with E-state index in [0.29, 0.717) is 32.8 Å². The lowest BCUT2D eigenvalue weighted by Gasteiger charge is -2.38. The molecule has 1 saturated heterocycles. The molecule has 0 bridgehead atoms. The zero-order valence-corrected chi connectivity index (χ0v) is 11.3. The van der Waals surface area contributed by atoms with Crippen molar-refractivity contribution in [2.75, 3.05) is 33.4 Å². The third kappa shape index (κ3) is 3.43. The molecule has 1 aliphatic heterocycles. The summed E-state index contributed by atoms with van der Waals surface area (Å²) >= 11 is 0. The lowest BCUT2D eigenvalue weighted by atomic mass is 10.1. The van der Waals surface area contributed by atoms with Crippen LogP contribution in [0.3, 0.4) is 0 Å². The van der Waals surface area contributed by atoms with Gasteiger partial charge in [-0.05, 0) is 13.3 Å². The molecule has 2 unspecified atom stereocenters. The van der Waals surface area contributed by atoms with E-state index in [9.17, 15) is 9.59 Å². The minimum Gasteiger partial charge on any atom is -0.465 e. The molecule has 0 radical (unpaired) electrons. The van der Waals surface area contributed by atoms with E-state index in [1.807, 2.05) is 11.8 Å². The van der Waals surface area contributed by atoms with Crippen molar-refractivity contribution < 1.29 is 19.1 Å². The van der Waals surface area contributed by atoms with Crippen LogP contribution in [0.4, 0.5) is 0 Å². The molecular formula is C12H22N2O4. The molecule has 1 rings (SSSR count). The Morgan fingerprint density at radius 1 is 1.50 bits per heavy atom. The fourth-order valence-corrected chi connectivity index (χ4v) is 2.16. The largest absolute Gasteiger partial charge is 0.465 e. The standard InChI is InChI=1S/C12H22N2O4/c1-4-9(12(16)18-5-2)14-6-7-17-8-10(14)11(15)13-3/h9-10H,4-8H2,1-3H3,(H,13,15). The molecule has 1 heterocycles. The van der Waals surface area contributed by atoms with Crippen LogP contribution >= 0.6 is 0 Å². The number of carbonyl (C=O) groups is 2. The molecular weight excluding hydrogens is 236 g/mol. The number of nitrogens with zero attached hydrogens (tertiary/aromatic N) is 1. The molecule has 1 aliphatic rings. The minimum atomic E-state index is -0.418. The molecule has 104 valence electrons. The quantitative estimate of drug-likeness (QED) is 0.690. The van der Waals surface area contributed by atoms with E-state index in [1.54, 1.807) is 14.0 Å². The number of morpholine rings is 1. The summed E-state index contributed by atoms with van der Waals surface area (Å²) < 4.78 is 10.4. The van der Waals surface area contributed by atoms with Gasteiger partial charge in [-0.15, -0.1) is 0 Å². The predicted octanol–water partition coefficient (Wildman–Crippen LogP) is -0.225. The molecule has 1 amide bonds. The number of nitrogens with one attached hydrogen (secondary N) is 1. The highest BCUT2D eigenvalue weighted by Gasteiger charge is 2.36. The Morgan fingerprint density at radius 2 is 2.22 bits per heavy atom. The first kappa shape index (κ1) is 14.9. The average molecular weight is 258 g/mol. The smallest absolute Gasteiger partial charge is 0.323 e. The van der Waals surface area contributed by atoms with E-state index in [1.165, 1.54) is 0 Å². The van der Waals surface area contributed by atoms with E-state index < -0.39 is 6.04 Å². The number of hydrogen-bond donors (Lipinski definition) is 1. The summed E-state index contributed by atoms with van der Waals surface area (Å²) in [6.07, 6.45) is 0.617. The van der Waals surface area contributed by atoms with Gasteiger partial charge in [-0.1, -0.05) is 6.92 Å². The molecule has 1 N–H and O–H groups in total. The Balaban J connectivity index is 2.79. The second kappa shape index (κ2) is 7.33.